The van der Waals surface area contributed by atoms with Gasteiger partial charge >= 0.3 is 0 Å². The first kappa shape index (κ1) is 23.9. The Morgan fingerprint density at radius 2 is 1.66 bits per heavy atom. The molecule has 0 radical (unpaired) electrons. The molecule has 1 aliphatic heterocycles. The van der Waals surface area contributed by atoms with E-state index in [1.165, 1.54) is 10.4 Å². The summed E-state index contributed by atoms with van der Waals surface area (Å²) in [5, 5.41) is 5.58. The lowest BCUT2D eigenvalue weighted by atomic mass is 10.0. The number of sulfonamides is 1. The molecule has 7 nitrogen and oxygen atoms in total. The van der Waals surface area contributed by atoms with E-state index in [0.717, 1.165) is 19.3 Å². The smallest absolute Gasteiger partial charge is 0.251 e. The largest absolute Gasteiger partial charge is 0.341 e. The Hall–Kier alpha value is -2.71. The minimum Gasteiger partial charge on any atom is -0.341 e. The molecule has 2 N–H and O–H groups in total. The van der Waals surface area contributed by atoms with E-state index >= 15 is 0 Å². The molecule has 0 aromatic heterocycles. The Kier molecular flexibility index (Phi) is 8.04. The van der Waals surface area contributed by atoms with Crippen LogP contribution in [0.1, 0.15) is 51.1 Å². The molecule has 2 aromatic rings. The number of carbonyl (C=O) groups excluding carboxylic acids is 2. The number of amides is 2. The fourth-order valence-electron chi connectivity index (χ4n) is 3.74. The van der Waals surface area contributed by atoms with Crippen LogP contribution in [0.25, 0.3) is 0 Å². The van der Waals surface area contributed by atoms with Crippen molar-refractivity contribution in [3.63, 3.8) is 0 Å². The molecule has 3 rings (SSSR count). The van der Waals surface area contributed by atoms with Gasteiger partial charge in [0.25, 0.3) is 5.91 Å². The minimum atomic E-state index is -3.61. The molecule has 172 valence electrons. The molecule has 0 saturated carbocycles. The summed E-state index contributed by atoms with van der Waals surface area (Å²) < 4.78 is 27.5. The van der Waals surface area contributed by atoms with Crippen molar-refractivity contribution >= 4 is 27.5 Å². The van der Waals surface area contributed by atoms with Crippen molar-refractivity contribution in [3.05, 3.63) is 60.2 Å². The number of anilines is 1. The highest BCUT2D eigenvalue weighted by Crippen LogP contribution is 2.24. The highest BCUT2D eigenvalue weighted by atomic mass is 32.2. The molecule has 2 aromatic carbocycles. The first-order chi connectivity index (χ1) is 15.3. The van der Waals surface area contributed by atoms with Gasteiger partial charge in [0, 0.05) is 25.2 Å². The van der Waals surface area contributed by atoms with Crippen molar-refractivity contribution < 1.29 is 18.0 Å². The zero-order chi connectivity index (χ0) is 23.1. The molecule has 1 heterocycles. The zero-order valence-electron chi connectivity index (χ0n) is 18.6. The number of benzene rings is 2. The van der Waals surface area contributed by atoms with Gasteiger partial charge in [-0.2, -0.15) is 4.31 Å². The normalized spacial score (nSPS) is 15.8. The van der Waals surface area contributed by atoms with Gasteiger partial charge in [-0.3, -0.25) is 9.59 Å². The molecule has 8 heteroatoms. The molecule has 2 amide bonds. The minimum absolute atomic E-state index is 0.150. The van der Waals surface area contributed by atoms with E-state index in [1.54, 1.807) is 42.5 Å². The summed E-state index contributed by atoms with van der Waals surface area (Å²) in [5.41, 5.74) is 1.02. The molecular formula is C24H31N3O4S. The molecular weight excluding hydrogens is 426 g/mol. The molecule has 1 fully saturated rings. The highest BCUT2D eigenvalue weighted by molar-refractivity contribution is 7.89. The van der Waals surface area contributed by atoms with Gasteiger partial charge in [-0.25, -0.2) is 8.42 Å². The second-order valence-electron chi connectivity index (χ2n) is 8.49. The molecule has 0 spiro atoms. The molecule has 0 bridgehead atoms. The second kappa shape index (κ2) is 10.7. The van der Waals surface area contributed by atoms with Crippen molar-refractivity contribution in [2.75, 3.05) is 18.4 Å². The van der Waals surface area contributed by atoms with Crippen LogP contribution in [0.15, 0.2) is 59.5 Å². The van der Waals surface area contributed by atoms with E-state index in [2.05, 4.69) is 10.6 Å². The SMILES string of the molecule is CC(C)CC(=O)NC(C(=O)Nc1cccc(S(=O)(=O)N2CCCCC2)c1)c1ccccc1. The summed E-state index contributed by atoms with van der Waals surface area (Å²) in [6.45, 7) is 4.89. The van der Waals surface area contributed by atoms with Gasteiger partial charge in [0.15, 0.2) is 0 Å². The third-order valence-electron chi connectivity index (χ3n) is 5.35. The van der Waals surface area contributed by atoms with Gasteiger partial charge in [0.2, 0.25) is 15.9 Å². The van der Waals surface area contributed by atoms with Crippen LogP contribution in [-0.2, 0) is 19.6 Å². The summed E-state index contributed by atoms with van der Waals surface area (Å²) in [7, 11) is -3.61. The molecule has 1 unspecified atom stereocenters. The Morgan fingerprint density at radius 3 is 2.31 bits per heavy atom. The van der Waals surface area contributed by atoms with Gasteiger partial charge < -0.3 is 10.6 Å². The fraction of sp³-hybridized carbons (Fsp3) is 0.417. The topological polar surface area (TPSA) is 95.6 Å². The zero-order valence-corrected chi connectivity index (χ0v) is 19.4. The summed E-state index contributed by atoms with van der Waals surface area (Å²) >= 11 is 0. The number of piperidine rings is 1. The molecule has 1 saturated heterocycles. The van der Waals surface area contributed by atoms with Crippen molar-refractivity contribution in [2.24, 2.45) is 5.92 Å². The van der Waals surface area contributed by atoms with E-state index in [4.69, 9.17) is 0 Å². The first-order valence-electron chi connectivity index (χ1n) is 11.0. The summed E-state index contributed by atoms with van der Waals surface area (Å²) in [5.74, 6) is -0.489. The predicted molar refractivity (Wildman–Crippen MR) is 124 cm³/mol. The van der Waals surface area contributed by atoms with E-state index in [0.29, 0.717) is 30.8 Å². The maximum atomic E-state index is 13.1. The van der Waals surface area contributed by atoms with Crippen molar-refractivity contribution in [1.29, 1.82) is 0 Å². The van der Waals surface area contributed by atoms with Gasteiger partial charge in [-0.1, -0.05) is 56.7 Å². The Labute approximate surface area is 190 Å². The van der Waals surface area contributed by atoms with Crippen LogP contribution in [0.5, 0.6) is 0 Å². The number of nitrogens with zero attached hydrogens (tertiary/aromatic N) is 1. The quantitative estimate of drug-likeness (QED) is 0.632. The van der Waals surface area contributed by atoms with Gasteiger partial charge in [0.1, 0.15) is 6.04 Å². The third kappa shape index (κ3) is 6.17. The lowest BCUT2D eigenvalue weighted by molar-refractivity contribution is -0.127. The van der Waals surface area contributed by atoms with Crippen LogP contribution in [0.2, 0.25) is 0 Å². The maximum absolute atomic E-state index is 13.1. The summed E-state index contributed by atoms with van der Waals surface area (Å²) in [6.07, 6.45) is 3.04. The average molecular weight is 458 g/mol. The van der Waals surface area contributed by atoms with Gasteiger partial charge in [-0.15, -0.1) is 0 Å². The number of hydrogen-bond donors (Lipinski definition) is 2. The van der Waals surface area contributed by atoms with Crippen LogP contribution in [0.3, 0.4) is 0 Å². The van der Waals surface area contributed by atoms with Crippen molar-refractivity contribution in [1.82, 2.24) is 9.62 Å². The van der Waals surface area contributed by atoms with E-state index in [9.17, 15) is 18.0 Å². The first-order valence-corrected chi connectivity index (χ1v) is 12.5. The molecule has 0 aliphatic carbocycles. The van der Waals surface area contributed by atoms with Crippen LogP contribution < -0.4 is 10.6 Å². The number of nitrogens with one attached hydrogen (secondary N) is 2. The Bertz CT molecular complexity index is 1030. The van der Waals surface area contributed by atoms with Crippen LogP contribution in [0.4, 0.5) is 5.69 Å². The number of hydrogen-bond acceptors (Lipinski definition) is 4. The highest BCUT2D eigenvalue weighted by Gasteiger charge is 2.27. The van der Waals surface area contributed by atoms with Crippen molar-refractivity contribution in [3.8, 4) is 0 Å². The Morgan fingerprint density at radius 1 is 0.969 bits per heavy atom. The lowest BCUT2D eigenvalue weighted by Gasteiger charge is -2.26. The lowest BCUT2D eigenvalue weighted by Crippen LogP contribution is -2.37. The summed E-state index contributed by atoms with van der Waals surface area (Å²) in [4.78, 5) is 25.6. The van der Waals surface area contributed by atoms with E-state index in [1.807, 2.05) is 19.9 Å². The second-order valence-corrected chi connectivity index (χ2v) is 10.4. The average Bonchev–Trinajstić information content (AvgIpc) is 2.78. The van der Waals surface area contributed by atoms with Gasteiger partial charge in [-0.05, 0) is 42.5 Å². The van der Waals surface area contributed by atoms with Gasteiger partial charge in [0.05, 0.1) is 4.90 Å². The van der Waals surface area contributed by atoms with Crippen molar-refractivity contribution in [2.45, 2.75) is 50.5 Å². The van der Waals surface area contributed by atoms with Crippen LogP contribution in [0, 0.1) is 5.92 Å². The molecule has 1 aliphatic rings. The summed E-state index contributed by atoms with van der Waals surface area (Å²) in [6, 6.07) is 14.4. The standard InChI is InChI=1S/C24H31N3O4S/c1-18(2)16-22(28)26-23(19-10-5-3-6-11-19)24(29)25-20-12-9-13-21(17-20)32(30,31)27-14-7-4-8-15-27/h3,5-6,9-13,17-18,23H,4,7-8,14-16H2,1-2H3,(H,25,29)(H,26,28). The van der Waals surface area contributed by atoms with E-state index < -0.39 is 22.0 Å². The van der Waals surface area contributed by atoms with E-state index in [-0.39, 0.29) is 16.7 Å². The predicted octanol–water partition coefficient (Wildman–Crippen LogP) is 3.70. The third-order valence-corrected chi connectivity index (χ3v) is 7.24. The molecule has 1 atom stereocenters. The molecule has 32 heavy (non-hydrogen) atoms. The number of carbonyl (C=O) groups is 2. The van der Waals surface area contributed by atoms with Crippen LogP contribution in [-0.4, -0.2) is 37.6 Å². The fourth-order valence-corrected chi connectivity index (χ4v) is 5.30. The van der Waals surface area contributed by atoms with Crippen LogP contribution >= 0.6 is 0 Å². The monoisotopic (exact) mass is 457 g/mol. The maximum Gasteiger partial charge on any atom is 0.251 e. The Balaban J connectivity index is 1.80. The number of rotatable bonds is 8.